The Morgan fingerprint density at radius 1 is 0.558 bits per heavy atom. The average molecular weight is 592 g/mol. The largest absolute Gasteiger partial charge is 0.305 e. The lowest BCUT2D eigenvalue weighted by atomic mass is 9.73. The number of rotatable bonds is 4. The minimum absolute atomic E-state index is 0.176. The first-order chi connectivity index (χ1) is 20.4. The van der Waals surface area contributed by atoms with E-state index in [4.69, 9.17) is 0 Å². The SMILES string of the molecule is Cc1cc(F)c(C(c2cc(F)c(N3c4ccccc4C(C)(C)c4ccccc43)c(F)c2)c2c(F)cc(F)cc2F)c(F)c1. The van der Waals surface area contributed by atoms with Crippen molar-refractivity contribution in [2.75, 3.05) is 4.90 Å². The minimum Gasteiger partial charge on any atom is -0.305 e. The van der Waals surface area contributed by atoms with Crippen LogP contribution in [0.4, 0.5) is 47.8 Å². The predicted molar refractivity (Wildman–Crippen MR) is 152 cm³/mol. The molecule has 0 fully saturated rings. The van der Waals surface area contributed by atoms with Crippen molar-refractivity contribution >= 4 is 17.1 Å². The number of aryl methyl sites for hydroxylation is 1. The average Bonchev–Trinajstić information content (AvgIpc) is 2.92. The fourth-order valence-electron chi connectivity index (χ4n) is 6.17. The molecule has 1 atom stereocenters. The maximum absolute atomic E-state index is 16.3. The number of nitrogens with zero attached hydrogens (tertiary/aromatic N) is 1. The summed E-state index contributed by atoms with van der Waals surface area (Å²) in [6.45, 7) is 5.41. The van der Waals surface area contributed by atoms with Crippen molar-refractivity contribution in [2.24, 2.45) is 0 Å². The van der Waals surface area contributed by atoms with E-state index in [1.807, 2.05) is 38.1 Å². The minimum atomic E-state index is -1.99. The van der Waals surface area contributed by atoms with Gasteiger partial charge in [0.25, 0.3) is 0 Å². The highest BCUT2D eigenvalue weighted by Crippen LogP contribution is 2.53. The van der Waals surface area contributed by atoms with Crippen LogP contribution in [0, 0.1) is 47.6 Å². The van der Waals surface area contributed by atoms with Crippen LogP contribution in [0.25, 0.3) is 0 Å². The highest BCUT2D eigenvalue weighted by Gasteiger charge is 2.39. The summed E-state index contributed by atoms with van der Waals surface area (Å²) in [5, 5.41) is 0. The van der Waals surface area contributed by atoms with Crippen molar-refractivity contribution in [3.8, 4) is 0 Å². The first kappa shape index (κ1) is 28.5. The van der Waals surface area contributed by atoms with Crippen LogP contribution in [-0.4, -0.2) is 0 Å². The molecule has 1 aliphatic heterocycles. The van der Waals surface area contributed by atoms with Crippen LogP contribution >= 0.6 is 0 Å². The van der Waals surface area contributed by atoms with Gasteiger partial charge in [-0.2, -0.15) is 0 Å². The number of halogens is 7. The summed E-state index contributed by atoms with van der Waals surface area (Å²) in [5.74, 6) is -10.8. The molecule has 0 N–H and O–H groups in total. The first-order valence-electron chi connectivity index (χ1n) is 13.5. The third-order valence-electron chi connectivity index (χ3n) is 8.08. The first-order valence-corrected chi connectivity index (χ1v) is 13.5. The Morgan fingerprint density at radius 3 is 1.44 bits per heavy atom. The Bertz CT molecular complexity index is 1740. The molecule has 1 heterocycles. The summed E-state index contributed by atoms with van der Waals surface area (Å²) < 4.78 is 107. The zero-order valence-electron chi connectivity index (χ0n) is 23.3. The van der Waals surface area contributed by atoms with Crippen LogP contribution in [0.5, 0.6) is 0 Å². The molecule has 0 bridgehead atoms. The number of benzene rings is 5. The molecule has 6 rings (SSSR count). The lowest BCUT2D eigenvalue weighted by Gasteiger charge is -2.42. The van der Waals surface area contributed by atoms with Crippen LogP contribution in [0.2, 0.25) is 0 Å². The van der Waals surface area contributed by atoms with E-state index in [0.29, 0.717) is 23.5 Å². The van der Waals surface area contributed by atoms with Crippen molar-refractivity contribution in [1.29, 1.82) is 0 Å². The summed E-state index contributed by atoms with van der Waals surface area (Å²) >= 11 is 0. The van der Waals surface area contributed by atoms with Gasteiger partial charge < -0.3 is 4.90 Å². The molecular weight excluding hydrogens is 567 g/mol. The molecule has 0 aromatic heterocycles. The van der Waals surface area contributed by atoms with Gasteiger partial charge in [0.2, 0.25) is 0 Å². The Morgan fingerprint density at radius 2 is 0.977 bits per heavy atom. The van der Waals surface area contributed by atoms with E-state index >= 15 is 26.3 Å². The van der Waals surface area contributed by atoms with Gasteiger partial charge >= 0.3 is 0 Å². The molecule has 43 heavy (non-hydrogen) atoms. The van der Waals surface area contributed by atoms with Gasteiger partial charge in [-0.3, -0.25) is 0 Å². The van der Waals surface area contributed by atoms with Gasteiger partial charge in [0.1, 0.15) is 34.8 Å². The molecule has 5 aromatic carbocycles. The zero-order chi connectivity index (χ0) is 30.8. The molecule has 0 spiro atoms. The van der Waals surface area contributed by atoms with Crippen LogP contribution < -0.4 is 4.90 Å². The Balaban J connectivity index is 1.61. The molecule has 218 valence electrons. The fraction of sp³-hybridized carbons (Fsp3) is 0.143. The smallest absolute Gasteiger partial charge is 0.150 e. The summed E-state index contributed by atoms with van der Waals surface area (Å²) in [5.41, 5.74) is -0.453. The van der Waals surface area contributed by atoms with Gasteiger partial charge in [0.05, 0.1) is 11.4 Å². The molecule has 8 heteroatoms. The van der Waals surface area contributed by atoms with E-state index in [9.17, 15) is 4.39 Å². The van der Waals surface area contributed by atoms with E-state index < -0.39 is 74.4 Å². The quantitative estimate of drug-likeness (QED) is 0.149. The normalized spacial score (nSPS) is 14.3. The van der Waals surface area contributed by atoms with Crippen molar-refractivity contribution in [3.05, 3.63) is 159 Å². The lowest BCUT2D eigenvalue weighted by Crippen LogP contribution is -2.31. The lowest BCUT2D eigenvalue weighted by molar-refractivity contribution is 0.504. The number of hydrogen-bond donors (Lipinski definition) is 0. The number of anilines is 3. The molecule has 0 aliphatic carbocycles. The van der Waals surface area contributed by atoms with Gasteiger partial charge in [-0.05, 0) is 65.6 Å². The van der Waals surface area contributed by atoms with E-state index in [-0.39, 0.29) is 5.56 Å². The summed E-state index contributed by atoms with van der Waals surface area (Å²) in [4.78, 5) is 1.42. The van der Waals surface area contributed by atoms with Crippen molar-refractivity contribution in [1.82, 2.24) is 0 Å². The second-order valence-corrected chi connectivity index (χ2v) is 11.2. The van der Waals surface area contributed by atoms with Crippen LogP contribution in [0.15, 0.2) is 84.9 Å². The fourth-order valence-corrected chi connectivity index (χ4v) is 6.17. The summed E-state index contributed by atoms with van der Waals surface area (Å²) in [6.07, 6.45) is 0. The number of fused-ring (bicyclic) bond motifs is 2. The van der Waals surface area contributed by atoms with E-state index in [1.54, 1.807) is 24.3 Å². The molecular formula is C35H24F7N. The van der Waals surface area contributed by atoms with Crippen LogP contribution in [0.3, 0.4) is 0 Å². The third-order valence-corrected chi connectivity index (χ3v) is 8.08. The van der Waals surface area contributed by atoms with Crippen molar-refractivity contribution < 1.29 is 30.7 Å². The molecule has 0 amide bonds. The monoisotopic (exact) mass is 591 g/mol. The molecule has 0 radical (unpaired) electrons. The highest BCUT2D eigenvalue weighted by atomic mass is 19.2. The van der Waals surface area contributed by atoms with Crippen LogP contribution in [-0.2, 0) is 5.41 Å². The Kier molecular flexibility index (Phi) is 6.83. The third kappa shape index (κ3) is 4.56. The zero-order valence-corrected chi connectivity index (χ0v) is 23.3. The molecule has 5 aromatic rings. The van der Waals surface area contributed by atoms with Crippen molar-refractivity contribution in [3.63, 3.8) is 0 Å². The Hall–Kier alpha value is -4.59. The molecule has 0 saturated carbocycles. The van der Waals surface area contributed by atoms with Crippen LogP contribution in [0.1, 0.15) is 53.1 Å². The standard InChI is InChI=1S/C35H24F7N/c1-18-12-23(37)32(24(38)13-18)31(33-25(39)16-20(36)17-26(33)40)19-14-27(41)34(28(42)15-19)43-29-10-6-4-8-21(29)35(2,3)22-9-5-7-11-30(22)43/h4-17,31H,1-3H3. The molecule has 1 unspecified atom stereocenters. The topological polar surface area (TPSA) is 3.24 Å². The van der Waals surface area contributed by atoms with Crippen molar-refractivity contribution in [2.45, 2.75) is 32.1 Å². The predicted octanol–water partition coefficient (Wildman–Crippen LogP) is 10.3. The maximum atomic E-state index is 16.3. The van der Waals surface area contributed by atoms with E-state index in [2.05, 4.69) is 0 Å². The van der Waals surface area contributed by atoms with E-state index in [0.717, 1.165) is 35.4 Å². The summed E-state index contributed by atoms with van der Waals surface area (Å²) in [7, 11) is 0. The van der Waals surface area contributed by atoms with Gasteiger partial charge in [-0.15, -0.1) is 0 Å². The second-order valence-electron chi connectivity index (χ2n) is 11.2. The number of para-hydroxylation sites is 2. The number of hydrogen-bond acceptors (Lipinski definition) is 1. The highest BCUT2D eigenvalue weighted by molar-refractivity contribution is 5.86. The maximum Gasteiger partial charge on any atom is 0.150 e. The van der Waals surface area contributed by atoms with Gasteiger partial charge in [0.15, 0.2) is 11.6 Å². The molecule has 1 nitrogen and oxygen atoms in total. The van der Waals surface area contributed by atoms with Gasteiger partial charge in [-0.25, -0.2) is 30.7 Å². The second kappa shape index (κ2) is 10.3. The Labute approximate surface area is 243 Å². The van der Waals surface area contributed by atoms with E-state index in [1.165, 1.54) is 11.8 Å². The molecule has 0 saturated heterocycles. The van der Waals surface area contributed by atoms with Gasteiger partial charge in [0, 0.05) is 34.6 Å². The van der Waals surface area contributed by atoms with Gasteiger partial charge in [-0.1, -0.05) is 50.2 Å². The molecule has 1 aliphatic rings. The summed E-state index contributed by atoms with van der Waals surface area (Å²) in [6, 6.07) is 18.5.